The van der Waals surface area contributed by atoms with Gasteiger partial charge in [0.2, 0.25) is 0 Å². The highest BCUT2D eigenvalue weighted by molar-refractivity contribution is 6.35. The number of carbonyl (C=O) groups excluding carboxylic acids is 2. The number of carbonyl (C=O) groups is 2. The lowest BCUT2D eigenvalue weighted by Gasteiger charge is -2.11. The Morgan fingerprint density at radius 1 is 1.15 bits per heavy atom. The summed E-state index contributed by atoms with van der Waals surface area (Å²) in [6.45, 7) is 2.11. The van der Waals surface area contributed by atoms with E-state index >= 15 is 0 Å². The molecule has 8 heteroatoms. The highest BCUT2D eigenvalue weighted by Gasteiger charge is 2.11. The molecular weight excluding hydrogens is 353 g/mol. The van der Waals surface area contributed by atoms with E-state index < -0.39 is 11.8 Å². The van der Waals surface area contributed by atoms with Gasteiger partial charge in [0.1, 0.15) is 12.4 Å². The third-order valence-corrected chi connectivity index (χ3v) is 3.45. The third kappa shape index (κ3) is 5.81. The molecule has 142 valence electrons. The number of ether oxygens (including phenoxy) is 2. The highest BCUT2D eigenvalue weighted by atomic mass is 19.1. The number of rotatable bonds is 7. The minimum atomic E-state index is -0.857. The van der Waals surface area contributed by atoms with Gasteiger partial charge in [0.15, 0.2) is 11.5 Å². The molecule has 0 aliphatic carbocycles. The van der Waals surface area contributed by atoms with Crippen LogP contribution in [0.4, 0.5) is 4.39 Å². The monoisotopic (exact) mass is 373 g/mol. The van der Waals surface area contributed by atoms with Gasteiger partial charge in [-0.05, 0) is 36.8 Å². The lowest BCUT2D eigenvalue weighted by Crippen LogP contribution is -2.37. The first-order chi connectivity index (χ1) is 13.0. The Bertz CT molecular complexity index is 839. The predicted molar refractivity (Wildman–Crippen MR) is 98.1 cm³/mol. The van der Waals surface area contributed by atoms with Crippen molar-refractivity contribution in [3.05, 3.63) is 59.4 Å². The maximum atomic E-state index is 13.7. The Kier molecular flexibility index (Phi) is 7.30. The molecule has 0 unspecified atom stereocenters. The van der Waals surface area contributed by atoms with E-state index in [9.17, 15) is 14.0 Å². The fourth-order valence-corrected chi connectivity index (χ4v) is 2.11. The molecule has 0 heterocycles. The standard InChI is InChI=1S/C19H20FN3O4/c1-3-21-18(24)19(25)23-22-11-13-8-9-16(17(10-13)26-2)27-12-14-6-4-5-7-15(14)20/h4-11H,3,12H2,1-2H3,(H,21,24)(H,23,25)/b22-11-. The number of likely N-dealkylation sites (N-methyl/N-ethyl adjacent to an activating group) is 1. The van der Waals surface area contributed by atoms with Crippen molar-refractivity contribution in [2.24, 2.45) is 5.10 Å². The van der Waals surface area contributed by atoms with Gasteiger partial charge in [-0.2, -0.15) is 5.10 Å². The average Bonchev–Trinajstić information content (AvgIpc) is 2.68. The van der Waals surface area contributed by atoms with Crippen LogP contribution in [-0.2, 0) is 16.2 Å². The Morgan fingerprint density at radius 3 is 2.63 bits per heavy atom. The largest absolute Gasteiger partial charge is 0.493 e. The van der Waals surface area contributed by atoms with Crippen LogP contribution in [0.25, 0.3) is 0 Å². The Balaban J connectivity index is 2.01. The van der Waals surface area contributed by atoms with Crippen molar-refractivity contribution in [3.8, 4) is 11.5 Å². The third-order valence-electron chi connectivity index (χ3n) is 3.45. The summed E-state index contributed by atoms with van der Waals surface area (Å²) in [5, 5.41) is 6.09. The van der Waals surface area contributed by atoms with E-state index in [1.165, 1.54) is 19.4 Å². The van der Waals surface area contributed by atoms with Gasteiger partial charge < -0.3 is 14.8 Å². The van der Waals surface area contributed by atoms with E-state index in [1.54, 1.807) is 43.3 Å². The summed E-state index contributed by atoms with van der Waals surface area (Å²) < 4.78 is 24.5. The van der Waals surface area contributed by atoms with Crippen molar-refractivity contribution < 1.29 is 23.5 Å². The maximum Gasteiger partial charge on any atom is 0.329 e. The fraction of sp³-hybridized carbons (Fsp3) is 0.211. The van der Waals surface area contributed by atoms with Crippen molar-refractivity contribution in [3.63, 3.8) is 0 Å². The number of methoxy groups -OCH3 is 1. The normalized spacial score (nSPS) is 10.5. The molecular formula is C19H20FN3O4. The zero-order valence-corrected chi connectivity index (χ0v) is 15.0. The van der Waals surface area contributed by atoms with E-state index in [2.05, 4.69) is 15.8 Å². The molecule has 2 rings (SSSR count). The van der Waals surface area contributed by atoms with Crippen molar-refractivity contribution >= 4 is 18.0 Å². The van der Waals surface area contributed by atoms with E-state index in [-0.39, 0.29) is 12.4 Å². The van der Waals surface area contributed by atoms with Crippen LogP contribution < -0.4 is 20.2 Å². The molecule has 0 bridgehead atoms. The zero-order chi connectivity index (χ0) is 19.6. The van der Waals surface area contributed by atoms with Crippen LogP contribution in [-0.4, -0.2) is 31.7 Å². The van der Waals surface area contributed by atoms with Gasteiger partial charge in [0, 0.05) is 12.1 Å². The zero-order valence-electron chi connectivity index (χ0n) is 15.0. The predicted octanol–water partition coefficient (Wildman–Crippen LogP) is 2.00. The van der Waals surface area contributed by atoms with Crippen LogP contribution in [0.15, 0.2) is 47.6 Å². The molecule has 0 aromatic heterocycles. The number of nitrogens with one attached hydrogen (secondary N) is 2. The van der Waals surface area contributed by atoms with Crippen LogP contribution in [0.3, 0.4) is 0 Å². The molecule has 2 aromatic rings. The smallest absolute Gasteiger partial charge is 0.329 e. The minimum Gasteiger partial charge on any atom is -0.493 e. The number of halogens is 1. The molecule has 0 atom stereocenters. The molecule has 2 aromatic carbocycles. The summed E-state index contributed by atoms with van der Waals surface area (Å²) >= 11 is 0. The molecule has 7 nitrogen and oxygen atoms in total. The summed E-state index contributed by atoms with van der Waals surface area (Å²) in [7, 11) is 1.48. The van der Waals surface area contributed by atoms with E-state index in [1.807, 2.05) is 0 Å². The Labute approximate surface area is 156 Å². The summed E-state index contributed by atoms with van der Waals surface area (Å²) in [5.74, 6) is -1.10. The Hall–Kier alpha value is -3.42. The van der Waals surface area contributed by atoms with Crippen LogP contribution >= 0.6 is 0 Å². The number of nitrogens with zero attached hydrogens (tertiary/aromatic N) is 1. The molecule has 2 N–H and O–H groups in total. The van der Waals surface area contributed by atoms with Gasteiger partial charge in [-0.1, -0.05) is 18.2 Å². The summed E-state index contributed by atoms with van der Waals surface area (Å²) in [5.41, 5.74) is 3.17. The van der Waals surface area contributed by atoms with Gasteiger partial charge >= 0.3 is 11.8 Å². The van der Waals surface area contributed by atoms with Gasteiger partial charge in [-0.3, -0.25) is 9.59 Å². The minimum absolute atomic E-state index is 0.0546. The lowest BCUT2D eigenvalue weighted by molar-refractivity contribution is -0.139. The van der Waals surface area contributed by atoms with Gasteiger partial charge in [-0.25, -0.2) is 9.82 Å². The molecule has 0 spiro atoms. The van der Waals surface area contributed by atoms with Gasteiger partial charge in [0.05, 0.1) is 13.3 Å². The molecule has 0 aliphatic heterocycles. The number of hydrogen-bond donors (Lipinski definition) is 2. The SMILES string of the molecule is CCNC(=O)C(=O)N/N=C\c1ccc(OCc2ccccc2F)c(OC)c1. The fourth-order valence-electron chi connectivity index (χ4n) is 2.11. The molecule has 0 saturated carbocycles. The van der Waals surface area contributed by atoms with E-state index in [4.69, 9.17) is 9.47 Å². The molecule has 2 amide bonds. The van der Waals surface area contributed by atoms with Crippen molar-refractivity contribution in [1.29, 1.82) is 0 Å². The van der Waals surface area contributed by atoms with Gasteiger partial charge in [0.25, 0.3) is 0 Å². The molecule has 0 radical (unpaired) electrons. The van der Waals surface area contributed by atoms with Gasteiger partial charge in [-0.15, -0.1) is 0 Å². The Morgan fingerprint density at radius 2 is 1.93 bits per heavy atom. The first kappa shape index (κ1) is 19.9. The summed E-state index contributed by atoms with van der Waals surface area (Å²) in [6, 6.07) is 11.3. The number of benzene rings is 2. The average molecular weight is 373 g/mol. The number of hydrazone groups is 1. The topological polar surface area (TPSA) is 89.0 Å². The van der Waals surface area contributed by atoms with Crippen molar-refractivity contribution in [1.82, 2.24) is 10.7 Å². The second kappa shape index (κ2) is 9.91. The summed E-state index contributed by atoms with van der Waals surface area (Å²) in [4.78, 5) is 22.7. The van der Waals surface area contributed by atoms with Crippen LogP contribution in [0.5, 0.6) is 11.5 Å². The second-order valence-corrected chi connectivity index (χ2v) is 5.35. The van der Waals surface area contributed by atoms with E-state index in [0.29, 0.717) is 29.2 Å². The number of amides is 2. The summed E-state index contributed by atoms with van der Waals surface area (Å²) in [6.07, 6.45) is 1.36. The van der Waals surface area contributed by atoms with Crippen LogP contribution in [0.2, 0.25) is 0 Å². The molecule has 0 fully saturated rings. The van der Waals surface area contributed by atoms with Crippen molar-refractivity contribution in [2.45, 2.75) is 13.5 Å². The second-order valence-electron chi connectivity index (χ2n) is 5.35. The van der Waals surface area contributed by atoms with Crippen LogP contribution in [0.1, 0.15) is 18.1 Å². The molecule has 0 saturated heterocycles. The quantitative estimate of drug-likeness (QED) is 0.441. The lowest BCUT2D eigenvalue weighted by atomic mass is 10.2. The first-order valence-corrected chi connectivity index (χ1v) is 8.20. The number of hydrogen-bond acceptors (Lipinski definition) is 5. The molecule has 0 aliphatic rings. The first-order valence-electron chi connectivity index (χ1n) is 8.20. The maximum absolute atomic E-state index is 13.7. The highest BCUT2D eigenvalue weighted by Crippen LogP contribution is 2.28. The van der Waals surface area contributed by atoms with Crippen molar-refractivity contribution in [2.75, 3.05) is 13.7 Å². The van der Waals surface area contributed by atoms with E-state index in [0.717, 1.165) is 0 Å². The van der Waals surface area contributed by atoms with Crippen LogP contribution in [0, 0.1) is 5.82 Å². The molecule has 27 heavy (non-hydrogen) atoms.